The van der Waals surface area contributed by atoms with Crippen LogP contribution in [0.4, 0.5) is 0 Å². The van der Waals surface area contributed by atoms with Gasteiger partial charge in [0.1, 0.15) is 5.75 Å². The van der Waals surface area contributed by atoms with Gasteiger partial charge >= 0.3 is 0 Å². The van der Waals surface area contributed by atoms with Crippen molar-refractivity contribution in [3.63, 3.8) is 0 Å². The Hall–Kier alpha value is -2.82. The maximum absolute atomic E-state index is 13.1. The number of hydrogen-bond acceptors (Lipinski definition) is 3. The Kier molecular flexibility index (Phi) is 5.33. The van der Waals surface area contributed by atoms with E-state index in [2.05, 4.69) is 12.1 Å². The molecule has 0 radical (unpaired) electrons. The van der Waals surface area contributed by atoms with Crippen LogP contribution in [0.3, 0.4) is 0 Å². The number of fused-ring (bicyclic) bond motifs is 1. The summed E-state index contributed by atoms with van der Waals surface area (Å²) in [4.78, 5) is 29.8. The number of amides is 2. The van der Waals surface area contributed by atoms with Gasteiger partial charge in [0.05, 0.1) is 13.2 Å². The number of carbonyl (C=O) groups is 2. The molecular weight excluding hydrogens is 352 g/mol. The predicted octanol–water partition coefficient (Wildman–Crippen LogP) is 3.35. The number of carbonyl (C=O) groups excluding carboxylic acids is 2. The van der Waals surface area contributed by atoms with Crippen LogP contribution in [0.5, 0.6) is 5.75 Å². The van der Waals surface area contributed by atoms with Crippen LogP contribution in [0.2, 0.25) is 0 Å². The van der Waals surface area contributed by atoms with Gasteiger partial charge in [-0.05, 0) is 42.5 Å². The standard InChI is InChI=1S/C23H26N2O3/c1-28-20-11-5-9-18(13-20)23(27)24-15-19-10-6-12-22(26)25(21(19)16-24)14-17-7-3-2-4-8-17/h2-5,7-9,11,13,19,21H,6,10,12,14-16H2,1H3. The zero-order valence-electron chi connectivity index (χ0n) is 16.2. The van der Waals surface area contributed by atoms with Crippen molar-refractivity contribution in [2.75, 3.05) is 20.2 Å². The molecule has 2 aromatic carbocycles. The van der Waals surface area contributed by atoms with Gasteiger partial charge in [-0.25, -0.2) is 0 Å². The maximum Gasteiger partial charge on any atom is 0.254 e. The number of likely N-dealkylation sites (tertiary alicyclic amines) is 2. The molecule has 2 heterocycles. The summed E-state index contributed by atoms with van der Waals surface area (Å²) in [6, 6.07) is 17.5. The first-order chi connectivity index (χ1) is 13.7. The van der Waals surface area contributed by atoms with Gasteiger partial charge in [0, 0.05) is 31.6 Å². The summed E-state index contributed by atoms with van der Waals surface area (Å²) in [7, 11) is 1.60. The minimum atomic E-state index is 0.0130. The van der Waals surface area contributed by atoms with Crippen LogP contribution < -0.4 is 4.74 Å². The van der Waals surface area contributed by atoms with Crippen molar-refractivity contribution in [1.82, 2.24) is 9.80 Å². The fraction of sp³-hybridized carbons (Fsp3) is 0.391. The minimum absolute atomic E-state index is 0.0130. The lowest BCUT2D eigenvalue weighted by Crippen LogP contribution is -2.43. The molecule has 2 aliphatic rings. The number of benzene rings is 2. The summed E-state index contributed by atoms with van der Waals surface area (Å²) in [5, 5.41) is 0. The van der Waals surface area contributed by atoms with Crippen molar-refractivity contribution in [1.29, 1.82) is 0 Å². The van der Waals surface area contributed by atoms with E-state index in [9.17, 15) is 9.59 Å². The third-order valence-corrected chi connectivity index (χ3v) is 5.89. The highest BCUT2D eigenvalue weighted by molar-refractivity contribution is 5.95. The van der Waals surface area contributed by atoms with Gasteiger partial charge in [-0.3, -0.25) is 9.59 Å². The molecule has 0 spiro atoms. The molecule has 4 rings (SSSR count). The number of nitrogens with zero attached hydrogens (tertiary/aromatic N) is 2. The maximum atomic E-state index is 13.1. The third-order valence-electron chi connectivity index (χ3n) is 5.89. The van der Waals surface area contributed by atoms with Gasteiger partial charge in [0.2, 0.25) is 5.91 Å². The molecule has 2 unspecified atom stereocenters. The molecule has 2 amide bonds. The quantitative estimate of drug-likeness (QED) is 0.820. The fourth-order valence-corrected chi connectivity index (χ4v) is 4.42. The largest absolute Gasteiger partial charge is 0.497 e. The van der Waals surface area contributed by atoms with Crippen LogP contribution >= 0.6 is 0 Å². The van der Waals surface area contributed by atoms with Crippen molar-refractivity contribution in [2.45, 2.75) is 31.8 Å². The Morgan fingerprint density at radius 2 is 1.93 bits per heavy atom. The Bertz CT molecular complexity index is 852. The molecule has 2 aromatic rings. The first-order valence-electron chi connectivity index (χ1n) is 9.92. The molecule has 0 N–H and O–H groups in total. The first-order valence-corrected chi connectivity index (χ1v) is 9.92. The molecule has 28 heavy (non-hydrogen) atoms. The lowest BCUT2D eigenvalue weighted by atomic mass is 9.98. The van der Waals surface area contributed by atoms with E-state index in [1.165, 1.54) is 0 Å². The number of rotatable bonds is 4. The van der Waals surface area contributed by atoms with Crippen LogP contribution in [-0.2, 0) is 11.3 Å². The Morgan fingerprint density at radius 1 is 1.11 bits per heavy atom. The Balaban J connectivity index is 1.54. The highest BCUT2D eigenvalue weighted by Crippen LogP contribution is 2.32. The van der Waals surface area contributed by atoms with Gasteiger partial charge in [-0.15, -0.1) is 0 Å². The summed E-state index contributed by atoms with van der Waals surface area (Å²) in [5.41, 5.74) is 1.77. The van der Waals surface area contributed by atoms with E-state index < -0.39 is 0 Å². The SMILES string of the molecule is COc1cccc(C(=O)N2CC3CCCC(=O)N(Cc4ccccc4)C3C2)c1. The molecule has 2 fully saturated rings. The lowest BCUT2D eigenvalue weighted by Gasteiger charge is -2.30. The van der Waals surface area contributed by atoms with E-state index in [1.54, 1.807) is 13.2 Å². The average molecular weight is 378 g/mol. The topological polar surface area (TPSA) is 49.9 Å². The van der Waals surface area contributed by atoms with E-state index in [0.717, 1.165) is 18.4 Å². The molecule has 5 heteroatoms. The summed E-state index contributed by atoms with van der Waals surface area (Å²) in [6.07, 6.45) is 2.49. The molecule has 0 aliphatic carbocycles. The van der Waals surface area contributed by atoms with E-state index in [4.69, 9.17) is 4.74 Å². The number of methoxy groups -OCH3 is 1. The molecular formula is C23H26N2O3. The fourth-order valence-electron chi connectivity index (χ4n) is 4.42. The number of hydrogen-bond donors (Lipinski definition) is 0. The normalized spacial score (nSPS) is 22.0. The van der Waals surface area contributed by atoms with E-state index in [1.807, 2.05) is 46.2 Å². The molecule has 2 atom stereocenters. The predicted molar refractivity (Wildman–Crippen MR) is 107 cm³/mol. The molecule has 0 bridgehead atoms. The Morgan fingerprint density at radius 3 is 2.71 bits per heavy atom. The minimum Gasteiger partial charge on any atom is -0.497 e. The summed E-state index contributed by atoms with van der Waals surface area (Å²) in [5.74, 6) is 1.23. The highest BCUT2D eigenvalue weighted by Gasteiger charge is 2.41. The van der Waals surface area contributed by atoms with Crippen molar-refractivity contribution >= 4 is 11.8 Å². The van der Waals surface area contributed by atoms with Crippen LogP contribution in [0.15, 0.2) is 54.6 Å². The van der Waals surface area contributed by atoms with Crippen LogP contribution in [0.1, 0.15) is 35.2 Å². The average Bonchev–Trinajstić information content (AvgIpc) is 3.10. The second-order valence-electron chi connectivity index (χ2n) is 7.67. The van der Waals surface area contributed by atoms with Crippen LogP contribution in [0, 0.1) is 5.92 Å². The third kappa shape index (κ3) is 3.75. The lowest BCUT2D eigenvalue weighted by molar-refractivity contribution is -0.133. The Labute approximate surface area is 165 Å². The van der Waals surface area contributed by atoms with Crippen molar-refractivity contribution in [3.8, 4) is 5.75 Å². The van der Waals surface area contributed by atoms with E-state index >= 15 is 0 Å². The van der Waals surface area contributed by atoms with Gasteiger partial charge in [-0.1, -0.05) is 36.4 Å². The van der Waals surface area contributed by atoms with Crippen molar-refractivity contribution < 1.29 is 14.3 Å². The zero-order valence-corrected chi connectivity index (χ0v) is 16.2. The van der Waals surface area contributed by atoms with Crippen LogP contribution in [-0.4, -0.2) is 47.9 Å². The highest BCUT2D eigenvalue weighted by atomic mass is 16.5. The second kappa shape index (κ2) is 8.05. The molecule has 2 aliphatic heterocycles. The van der Waals surface area contributed by atoms with Crippen molar-refractivity contribution in [3.05, 3.63) is 65.7 Å². The summed E-state index contributed by atoms with van der Waals surface area (Å²) >= 11 is 0. The van der Waals surface area contributed by atoms with Gasteiger partial charge in [0.15, 0.2) is 0 Å². The molecule has 2 saturated heterocycles. The van der Waals surface area contributed by atoms with Crippen molar-refractivity contribution in [2.24, 2.45) is 5.92 Å². The molecule has 5 nitrogen and oxygen atoms in total. The monoisotopic (exact) mass is 378 g/mol. The smallest absolute Gasteiger partial charge is 0.254 e. The first kappa shape index (κ1) is 18.5. The van der Waals surface area contributed by atoms with E-state index in [-0.39, 0.29) is 17.9 Å². The van der Waals surface area contributed by atoms with Crippen LogP contribution in [0.25, 0.3) is 0 Å². The molecule has 0 aromatic heterocycles. The van der Waals surface area contributed by atoms with E-state index in [0.29, 0.717) is 43.3 Å². The molecule has 0 saturated carbocycles. The summed E-state index contributed by atoms with van der Waals surface area (Å²) < 4.78 is 5.25. The molecule has 146 valence electrons. The number of ether oxygens (including phenoxy) is 1. The second-order valence-corrected chi connectivity index (χ2v) is 7.67. The summed E-state index contributed by atoms with van der Waals surface area (Å²) in [6.45, 7) is 1.92. The van der Waals surface area contributed by atoms with Gasteiger partial charge in [0.25, 0.3) is 5.91 Å². The van der Waals surface area contributed by atoms with Gasteiger partial charge in [-0.2, -0.15) is 0 Å². The van der Waals surface area contributed by atoms with Gasteiger partial charge < -0.3 is 14.5 Å². The zero-order chi connectivity index (χ0) is 19.5.